The highest BCUT2D eigenvalue weighted by Gasteiger charge is 2.33. The summed E-state index contributed by atoms with van der Waals surface area (Å²) >= 11 is 12.7. The zero-order chi connectivity index (χ0) is 29.0. The fourth-order valence-corrected chi connectivity index (χ4v) is 6.04. The molecule has 0 fully saturated rings. The number of sulfonamides is 1. The van der Waals surface area contributed by atoms with Crippen molar-refractivity contribution in [2.75, 3.05) is 31.1 Å². The van der Waals surface area contributed by atoms with Gasteiger partial charge < -0.3 is 19.7 Å². The number of nitrogens with one attached hydrogen (secondary N) is 1. The van der Waals surface area contributed by atoms with E-state index in [2.05, 4.69) is 5.32 Å². The van der Waals surface area contributed by atoms with E-state index in [4.69, 9.17) is 32.7 Å². The minimum Gasteiger partial charge on any atom is -0.486 e. The molecule has 1 N–H and O–H groups in total. The minimum atomic E-state index is -4.39. The van der Waals surface area contributed by atoms with Gasteiger partial charge in [0.05, 0.1) is 10.6 Å². The molecule has 3 aromatic rings. The second kappa shape index (κ2) is 12.3. The van der Waals surface area contributed by atoms with Gasteiger partial charge in [-0.1, -0.05) is 29.3 Å². The molecule has 1 aliphatic heterocycles. The van der Waals surface area contributed by atoms with Crippen molar-refractivity contribution in [3.63, 3.8) is 0 Å². The van der Waals surface area contributed by atoms with E-state index in [1.165, 1.54) is 49.2 Å². The van der Waals surface area contributed by atoms with Crippen LogP contribution in [0.5, 0.6) is 11.5 Å². The molecule has 1 atom stereocenters. The van der Waals surface area contributed by atoms with Crippen molar-refractivity contribution in [1.29, 1.82) is 0 Å². The van der Waals surface area contributed by atoms with Gasteiger partial charge in [-0.3, -0.25) is 13.9 Å². The van der Waals surface area contributed by atoms with Crippen LogP contribution in [0.3, 0.4) is 0 Å². The van der Waals surface area contributed by atoms with Gasteiger partial charge in [0.1, 0.15) is 31.6 Å². The second-order valence-electron chi connectivity index (χ2n) is 8.81. The number of ether oxygens (including phenoxy) is 2. The number of fused-ring (bicyclic) bond motifs is 1. The standard InChI is InChI=1S/C27H26Cl2FN3O6S/c1-17(27(35)31-2)32(15-21-22(28)4-3-5-23(21)29)26(34)16-33(19-8-6-18(30)7-9-19)40(36,37)20-10-11-24-25(14-20)39-13-12-38-24/h3-11,14,17H,12-13,15-16H2,1-2H3,(H,31,35). The van der Waals surface area contributed by atoms with Crippen LogP contribution in [0.1, 0.15) is 12.5 Å². The van der Waals surface area contributed by atoms with E-state index in [1.54, 1.807) is 18.2 Å². The zero-order valence-corrected chi connectivity index (χ0v) is 23.9. The molecule has 0 saturated heterocycles. The van der Waals surface area contributed by atoms with Gasteiger partial charge in [0.15, 0.2) is 11.5 Å². The maximum Gasteiger partial charge on any atom is 0.264 e. The number of benzene rings is 3. The first kappa shape index (κ1) is 29.4. The smallest absolute Gasteiger partial charge is 0.264 e. The van der Waals surface area contributed by atoms with Crippen LogP contribution in [-0.4, -0.2) is 58.0 Å². The van der Waals surface area contributed by atoms with Gasteiger partial charge in [-0.05, 0) is 55.5 Å². The van der Waals surface area contributed by atoms with Crippen molar-refractivity contribution in [2.24, 2.45) is 0 Å². The first-order chi connectivity index (χ1) is 19.0. The quantitative estimate of drug-likeness (QED) is 0.388. The largest absolute Gasteiger partial charge is 0.486 e. The van der Waals surface area contributed by atoms with E-state index < -0.39 is 40.2 Å². The van der Waals surface area contributed by atoms with Gasteiger partial charge in [-0.2, -0.15) is 0 Å². The first-order valence-electron chi connectivity index (χ1n) is 12.1. The molecule has 9 nitrogen and oxygen atoms in total. The average Bonchev–Trinajstić information content (AvgIpc) is 2.95. The molecule has 2 amide bonds. The lowest BCUT2D eigenvalue weighted by Crippen LogP contribution is -2.50. The van der Waals surface area contributed by atoms with Crippen molar-refractivity contribution in [2.45, 2.75) is 24.4 Å². The molecular formula is C27H26Cl2FN3O6S. The fraction of sp³-hybridized carbons (Fsp3) is 0.259. The van der Waals surface area contributed by atoms with E-state index in [-0.39, 0.29) is 39.5 Å². The average molecular weight is 610 g/mol. The second-order valence-corrected chi connectivity index (χ2v) is 11.5. The van der Waals surface area contributed by atoms with Crippen LogP contribution in [0.15, 0.2) is 65.6 Å². The van der Waals surface area contributed by atoms with Crippen molar-refractivity contribution in [3.05, 3.63) is 82.1 Å². The minimum absolute atomic E-state index is 0.0351. The number of halogens is 3. The SMILES string of the molecule is CNC(=O)C(C)N(Cc1c(Cl)cccc1Cl)C(=O)CN(c1ccc(F)cc1)S(=O)(=O)c1ccc2c(c1)OCCO2. The van der Waals surface area contributed by atoms with Crippen LogP contribution < -0.4 is 19.1 Å². The van der Waals surface area contributed by atoms with Crippen LogP contribution in [0, 0.1) is 5.82 Å². The molecule has 1 aliphatic rings. The van der Waals surface area contributed by atoms with Gasteiger partial charge >= 0.3 is 0 Å². The predicted molar refractivity (Wildman–Crippen MR) is 149 cm³/mol. The molecule has 0 aliphatic carbocycles. The Hall–Kier alpha value is -3.54. The molecule has 212 valence electrons. The molecule has 1 heterocycles. The summed E-state index contributed by atoms with van der Waals surface area (Å²) in [5, 5.41) is 3.04. The maximum atomic E-state index is 13.9. The van der Waals surface area contributed by atoms with Gasteiger partial charge in [0, 0.05) is 35.3 Å². The van der Waals surface area contributed by atoms with Crippen LogP contribution in [0.25, 0.3) is 0 Å². The Bertz CT molecular complexity index is 1500. The summed E-state index contributed by atoms with van der Waals surface area (Å²) in [6, 6.07) is 12.6. The number of carbonyl (C=O) groups is 2. The topological polar surface area (TPSA) is 105 Å². The number of likely N-dealkylation sites (N-methyl/N-ethyl adjacent to an activating group) is 1. The molecule has 0 spiro atoms. The summed E-state index contributed by atoms with van der Waals surface area (Å²) in [4.78, 5) is 27.4. The fourth-order valence-electron chi connectivity index (χ4n) is 4.09. The Kier molecular flexibility index (Phi) is 9.07. The normalized spacial score (nSPS) is 13.3. The van der Waals surface area contributed by atoms with Gasteiger partial charge in [0.2, 0.25) is 11.8 Å². The van der Waals surface area contributed by atoms with E-state index in [1.807, 2.05) is 0 Å². The lowest BCUT2D eigenvalue weighted by molar-refractivity contribution is -0.139. The van der Waals surface area contributed by atoms with E-state index >= 15 is 0 Å². The molecule has 0 radical (unpaired) electrons. The Morgan fingerprint density at radius 2 is 1.62 bits per heavy atom. The van der Waals surface area contributed by atoms with Crippen molar-refractivity contribution in [1.82, 2.24) is 10.2 Å². The maximum absolute atomic E-state index is 13.9. The van der Waals surface area contributed by atoms with E-state index in [0.717, 1.165) is 16.4 Å². The summed E-state index contributed by atoms with van der Waals surface area (Å²) in [7, 11) is -2.98. The first-order valence-corrected chi connectivity index (χ1v) is 14.3. The molecule has 1 unspecified atom stereocenters. The third-order valence-electron chi connectivity index (χ3n) is 6.30. The van der Waals surface area contributed by atoms with E-state index in [9.17, 15) is 22.4 Å². The third-order valence-corrected chi connectivity index (χ3v) is 8.78. The summed E-state index contributed by atoms with van der Waals surface area (Å²) < 4.78 is 53.5. The molecule has 0 saturated carbocycles. The number of anilines is 1. The molecule has 4 rings (SSSR count). The molecule has 3 aromatic carbocycles. The van der Waals surface area contributed by atoms with Crippen molar-refractivity contribution < 1.29 is 31.9 Å². The number of amides is 2. The highest BCUT2D eigenvalue weighted by atomic mass is 35.5. The summed E-state index contributed by atoms with van der Waals surface area (Å²) in [5.41, 5.74) is 0.422. The van der Waals surface area contributed by atoms with Gasteiger partial charge in [-0.15, -0.1) is 0 Å². The number of hydrogen-bond acceptors (Lipinski definition) is 6. The lowest BCUT2D eigenvalue weighted by Gasteiger charge is -2.32. The highest BCUT2D eigenvalue weighted by molar-refractivity contribution is 7.92. The lowest BCUT2D eigenvalue weighted by atomic mass is 10.1. The van der Waals surface area contributed by atoms with Gasteiger partial charge in [-0.25, -0.2) is 12.8 Å². The molecule has 40 heavy (non-hydrogen) atoms. The van der Waals surface area contributed by atoms with Gasteiger partial charge in [0.25, 0.3) is 10.0 Å². The zero-order valence-electron chi connectivity index (χ0n) is 21.6. The summed E-state index contributed by atoms with van der Waals surface area (Å²) in [6.07, 6.45) is 0. The summed E-state index contributed by atoms with van der Waals surface area (Å²) in [6.45, 7) is 1.18. The van der Waals surface area contributed by atoms with Crippen molar-refractivity contribution >= 4 is 50.7 Å². The Morgan fingerprint density at radius 3 is 2.25 bits per heavy atom. The van der Waals surface area contributed by atoms with Crippen LogP contribution >= 0.6 is 23.2 Å². The molecule has 0 aromatic heterocycles. The predicted octanol–water partition coefficient (Wildman–Crippen LogP) is 4.26. The number of hydrogen-bond donors (Lipinski definition) is 1. The summed E-state index contributed by atoms with van der Waals surface area (Å²) in [5.74, 6) is -1.18. The highest BCUT2D eigenvalue weighted by Crippen LogP contribution is 2.34. The van der Waals surface area contributed by atoms with Crippen LogP contribution in [0.4, 0.5) is 10.1 Å². The molecule has 0 bridgehead atoms. The molecular weight excluding hydrogens is 584 g/mol. The third kappa shape index (κ3) is 6.27. The molecule has 13 heteroatoms. The number of nitrogens with zero attached hydrogens (tertiary/aromatic N) is 2. The van der Waals surface area contributed by atoms with Crippen LogP contribution in [-0.2, 0) is 26.2 Å². The van der Waals surface area contributed by atoms with Crippen LogP contribution in [0.2, 0.25) is 10.0 Å². The Balaban J connectivity index is 1.75. The number of carbonyl (C=O) groups excluding carboxylic acids is 2. The number of rotatable bonds is 9. The Morgan fingerprint density at radius 1 is 1.00 bits per heavy atom. The Labute approximate surface area is 241 Å². The monoisotopic (exact) mass is 609 g/mol. The van der Waals surface area contributed by atoms with E-state index in [0.29, 0.717) is 17.9 Å². The van der Waals surface area contributed by atoms with Crippen molar-refractivity contribution in [3.8, 4) is 11.5 Å².